The van der Waals surface area contributed by atoms with Crippen LogP contribution in [0.1, 0.15) is 6.42 Å². The average Bonchev–Trinajstić information content (AvgIpc) is 2.59. The molecule has 0 aliphatic rings. The lowest BCUT2D eigenvalue weighted by Crippen LogP contribution is -2.11. The van der Waals surface area contributed by atoms with E-state index in [0.29, 0.717) is 11.8 Å². The minimum absolute atomic E-state index is 0.209. The van der Waals surface area contributed by atoms with E-state index >= 15 is 0 Å². The zero-order chi connectivity index (χ0) is 11.1. The normalized spacial score (nSPS) is 10.5. The minimum atomic E-state index is -0.957. The summed E-state index contributed by atoms with van der Waals surface area (Å²) in [5.74, 6) is -0.158. The quantitative estimate of drug-likeness (QED) is 0.518. The second-order valence-electron chi connectivity index (χ2n) is 2.71. The molecular weight excluding hydrogens is 220 g/mol. The van der Waals surface area contributed by atoms with Crippen LogP contribution in [0.15, 0.2) is 5.16 Å². The molecule has 0 saturated carbocycles. The second-order valence-corrected chi connectivity index (χ2v) is 3.77. The van der Waals surface area contributed by atoms with Crippen molar-refractivity contribution in [2.45, 2.75) is 18.1 Å². The highest BCUT2D eigenvalue weighted by molar-refractivity contribution is 7.99. The Morgan fingerprint density at radius 1 is 1.67 bits per heavy atom. The Morgan fingerprint density at radius 2 is 2.47 bits per heavy atom. The fraction of sp³-hybridized carbons (Fsp3) is 0.714. The summed E-state index contributed by atoms with van der Waals surface area (Å²) >= 11 is 1.42. The van der Waals surface area contributed by atoms with Crippen LogP contribution in [0.2, 0.25) is 0 Å². The van der Waals surface area contributed by atoms with E-state index in [-0.39, 0.29) is 6.54 Å². The summed E-state index contributed by atoms with van der Waals surface area (Å²) in [5, 5.41) is 19.8. The highest BCUT2D eigenvalue weighted by atomic mass is 32.2. The monoisotopic (exact) mass is 232 g/mol. The Kier molecular flexibility index (Phi) is 5.05. The van der Waals surface area contributed by atoms with Crippen molar-refractivity contribution in [3.63, 3.8) is 0 Å². The molecule has 1 rings (SSSR count). The first-order valence-electron chi connectivity index (χ1n) is 4.33. The third-order valence-corrected chi connectivity index (χ3v) is 2.55. The van der Waals surface area contributed by atoms with Crippen LogP contribution in [0, 0.1) is 0 Å². The largest absolute Gasteiger partial charge is 0.480 e. The Hall–Kier alpha value is -1.15. The van der Waals surface area contributed by atoms with Gasteiger partial charge in [-0.15, -0.1) is 5.10 Å². The van der Waals surface area contributed by atoms with Crippen LogP contribution in [0.25, 0.3) is 0 Å². The number of carbonyl (C=O) groups is 1. The molecule has 1 aromatic heterocycles. The maximum atomic E-state index is 10.4. The highest BCUT2D eigenvalue weighted by Gasteiger charge is 2.09. The topological polar surface area (TPSA) is 90.1 Å². The molecule has 0 aliphatic carbocycles. The number of methoxy groups -OCH3 is 1. The summed E-state index contributed by atoms with van der Waals surface area (Å²) < 4.78 is 6.15. The average molecular weight is 232 g/mol. The summed E-state index contributed by atoms with van der Waals surface area (Å²) in [6.07, 6.45) is 0.876. The Balaban J connectivity index is 2.39. The molecule has 0 fully saturated rings. The SMILES string of the molecule is COCCCSc1nnnn1CC(=O)O. The van der Waals surface area contributed by atoms with Crippen molar-refractivity contribution in [2.24, 2.45) is 0 Å². The first-order chi connectivity index (χ1) is 7.24. The van der Waals surface area contributed by atoms with Gasteiger partial charge in [0.05, 0.1) is 0 Å². The van der Waals surface area contributed by atoms with Gasteiger partial charge in [0.1, 0.15) is 6.54 Å². The van der Waals surface area contributed by atoms with Crippen molar-refractivity contribution in [3.8, 4) is 0 Å². The predicted octanol–water partition coefficient (Wildman–Crippen LogP) is -0.114. The van der Waals surface area contributed by atoms with Crippen molar-refractivity contribution >= 4 is 17.7 Å². The number of thioether (sulfide) groups is 1. The molecule has 0 radical (unpaired) electrons. The van der Waals surface area contributed by atoms with Gasteiger partial charge in [-0.25, -0.2) is 4.68 Å². The number of tetrazole rings is 1. The fourth-order valence-corrected chi connectivity index (χ4v) is 1.68. The molecule has 0 unspecified atom stereocenters. The van der Waals surface area contributed by atoms with Gasteiger partial charge in [-0.2, -0.15) is 0 Å². The van der Waals surface area contributed by atoms with Gasteiger partial charge in [0, 0.05) is 19.5 Å². The molecule has 1 heterocycles. The third kappa shape index (κ3) is 4.26. The number of hydrogen-bond acceptors (Lipinski definition) is 6. The van der Waals surface area contributed by atoms with Crippen molar-refractivity contribution in [2.75, 3.05) is 19.5 Å². The van der Waals surface area contributed by atoms with Crippen LogP contribution in [-0.4, -0.2) is 50.8 Å². The molecule has 7 nitrogen and oxygen atoms in total. The molecular formula is C7H12N4O3S. The van der Waals surface area contributed by atoms with Crippen LogP contribution in [0.5, 0.6) is 0 Å². The van der Waals surface area contributed by atoms with E-state index < -0.39 is 5.97 Å². The smallest absolute Gasteiger partial charge is 0.325 e. The molecule has 15 heavy (non-hydrogen) atoms. The van der Waals surface area contributed by atoms with Crippen molar-refractivity contribution in [3.05, 3.63) is 0 Å². The first kappa shape index (κ1) is 11.9. The molecule has 1 N–H and O–H groups in total. The Morgan fingerprint density at radius 3 is 3.13 bits per heavy atom. The standard InChI is InChI=1S/C7H12N4O3S/c1-14-3-2-4-15-7-8-9-10-11(7)5-6(12)13/h2-5H2,1H3,(H,12,13). The van der Waals surface area contributed by atoms with Gasteiger partial charge in [-0.3, -0.25) is 4.79 Å². The van der Waals surface area contributed by atoms with Gasteiger partial charge in [-0.1, -0.05) is 11.8 Å². The van der Waals surface area contributed by atoms with E-state index in [1.54, 1.807) is 7.11 Å². The maximum absolute atomic E-state index is 10.4. The van der Waals surface area contributed by atoms with Crippen LogP contribution in [-0.2, 0) is 16.1 Å². The van der Waals surface area contributed by atoms with Crippen LogP contribution >= 0.6 is 11.8 Å². The number of carboxylic acid groups (broad SMARTS) is 1. The Labute approximate surface area is 90.8 Å². The molecule has 0 atom stereocenters. The van der Waals surface area contributed by atoms with E-state index in [0.717, 1.165) is 12.2 Å². The summed E-state index contributed by atoms with van der Waals surface area (Å²) in [6, 6.07) is 0. The van der Waals surface area contributed by atoms with Crippen LogP contribution in [0.3, 0.4) is 0 Å². The number of hydrogen-bond donors (Lipinski definition) is 1. The fourth-order valence-electron chi connectivity index (χ4n) is 0.894. The summed E-state index contributed by atoms with van der Waals surface area (Å²) in [4.78, 5) is 10.4. The summed E-state index contributed by atoms with van der Waals surface area (Å²) in [5.41, 5.74) is 0. The third-order valence-electron chi connectivity index (χ3n) is 1.51. The number of ether oxygens (including phenoxy) is 1. The number of aromatic nitrogens is 4. The maximum Gasteiger partial charge on any atom is 0.325 e. The number of aliphatic carboxylic acids is 1. The number of carboxylic acids is 1. The lowest BCUT2D eigenvalue weighted by molar-refractivity contribution is -0.138. The van der Waals surface area contributed by atoms with Gasteiger partial charge in [-0.05, 0) is 16.8 Å². The lowest BCUT2D eigenvalue weighted by Gasteiger charge is -2.00. The van der Waals surface area contributed by atoms with Gasteiger partial charge in [0.2, 0.25) is 5.16 Å². The minimum Gasteiger partial charge on any atom is -0.480 e. The molecule has 0 amide bonds. The molecule has 0 aliphatic heterocycles. The number of nitrogens with zero attached hydrogens (tertiary/aromatic N) is 4. The van der Waals surface area contributed by atoms with E-state index in [1.807, 2.05) is 0 Å². The first-order valence-corrected chi connectivity index (χ1v) is 5.32. The van der Waals surface area contributed by atoms with E-state index in [1.165, 1.54) is 16.4 Å². The van der Waals surface area contributed by atoms with Gasteiger partial charge in [0.15, 0.2) is 0 Å². The molecule has 1 aromatic rings. The lowest BCUT2D eigenvalue weighted by atomic mass is 10.5. The van der Waals surface area contributed by atoms with Crippen LogP contribution < -0.4 is 0 Å². The zero-order valence-corrected chi connectivity index (χ0v) is 9.11. The van der Waals surface area contributed by atoms with E-state index in [2.05, 4.69) is 15.5 Å². The molecule has 0 saturated heterocycles. The molecule has 0 bridgehead atoms. The molecule has 0 aromatic carbocycles. The summed E-state index contributed by atoms with van der Waals surface area (Å²) in [6.45, 7) is 0.465. The molecule has 84 valence electrons. The molecule has 0 spiro atoms. The van der Waals surface area contributed by atoms with Crippen molar-refractivity contribution in [1.29, 1.82) is 0 Å². The van der Waals surface area contributed by atoms with E-state index in [4.69, 9.17) is 9.84 Å². The zero-order valence-electron chi connectivity index (χ0n) is 8.29. The van der Waals surface area contributed by atoms with Gasteiger partial charge >= 0.3 is 5.97 Å². The van der Waals surface area contributed by atoms with Gasteiger partial charge in [0.25, 0.3) is 0 Å². The van der Waals surface area contributed by atoms with Crippen molar-refractivity contribution in [1.82, 2.24) is 20.2 Å². The van der Waals surface area contributed by atoms with Crippen molar-refractivity contribution < 1.29 is 14.6 Å². The Bertz CT molecular complexity index is 317. The van der Waals surface area contributed by atoms with Crippen LogP contribution in [0.4, 0.5) is 0 Å². The van der Waals surface area contributed by atoms with E-state index in [9.17, 15) is 4.79 Å². The highest BCUT2D eigenvalue weighted by Crippen LogP contribution is 2.14. The number of rotatable bonds is 7. The molecule has 8 heteroatoms. The van der Waals surface area contributed by atoms with Gasteiger partial charge < -0.3 is 9.84 Å². The predicted molar refractivity (Wildman–Crippen MR) is 52.7 cm³/mol. The summed E-state index contributed by atoms with van der Waals surface area (Å²) in [7, 11) is 1.64. The second kappa shape index (κ2) is 6.36.